The Morgan fingerprint density at radius 2 is 2.06 bits per heavy atom. The van der Waals surface area contributed by atoms with Crippen LogP contribution in [-0.4, -0.2) is 31.5 Å². The first kappa shape index (κ1) is 12.0. The molecule has 0 saturated carbocycles. The summed E-state index contributed by atoms with van der Waals surface area (Å²) in [6, 6.07) is 7.48. The first-order valence-electron chi connectivity index (χ1n) is 5.49. The predicted molar refractivity (Wildman–Crippen MR) is 68.6 cm³/mol. The lowest BCUT2D eigenvalue weighted by atomic mass is 10.2. The van der Waals surface area contributed by atoms with Crippen LogP contribution in [0.5, 0.6) is 11.5 Å². The highest BCUT2D eigenvalue weighted by atomic mass is 32.1. The summed E-state index contributed by atoms with van der Waals surface area (Å²) < 4.78 is 16.1. The van der Waals surface area contributed by atoms with Gasteiger partial charge in [0.05, 0.1) is 7.11 Å². The molecule has 0 aromatic heterocycles. The minimum atomic E-state index is 0.0332. The van der Waals surface area contributed by atoms with Crippen LogP contribution in [0.3, 0.4) is 0 Å². The second-order valence-corrected chi connectivity index (χ2v) is 4.10. The van der Waals surface area contributed by atoms with Crippen molar-refractivity contribution in [1.29, 1.82) is 0 Å². The van der Waals surface area contributed by atoms with E-state index in [1.54, 1.807) is 7.11 Å². The Kier molecular flexibility index (Phi) is 4.03. The third kappa shape index (κ3) is 3.49. The van der Waals surface area contributed by atoms with Crippen molar-refractivity contribution in [3.63, 3.8) is 0 Å². The van der Waals surface area contributed by atoms with Crippen molar-refractivity contribution in [2.75, 3.05) is 20.3 Å². The second-order valence-electron chi connectivity index (χ2n) is 3.73. The van der Waals surface area contributed by atoms with Gasteiger partial charge >= 0.3 is 0 Å². The van der Waals surface area contributed by atoms with E-state index in [2.05, 4.69) is 5.32 Å². The number of hydrogen-bond acceptors (Lipinski definition) is 4. The number of benzene rings is 1. The van der Waals surface area contributed by atoms with Crippen LogP contribution in [0.1, 0.15) is 6.42 Å². The zero-order valence-electron chi connectivity index (χ0n) is 9.64. The van der Waals surface area contributed by atoms with Gasteiger partial charge in [-0.2, -0.15) is 0 Å². The molecular formula is C12H15NO3S. The first-order valence-corrected chi connectivity index (χ1v) is 5.90. The SMILES string of the molecule is COc1ccc(OCC2CCNC(=S)O2)cc1. The lowest BCUT2D eigenvalue weighted by Crippen LogP contribution is -2.40. The van der Waals surface area contributed by atoms with Gasteiger partial charge in [-0.1, -0.05) is 0 Å². The lowest BCUT2D eigenvalue weighted by Gasteiger charge is -2.25. The smallest absolute Gasteiger partial charge is 0.257 e. The van der Waals surface area contributed by atoms with E-state index in [0.29, 0.717) is 11.8 Å². The van der Waals surface area contributed by atoms with Crippen LogP contribution >= 0.6 is 12.2 Å². The van der Waals surface area contributed by atoms with E-state index in [0.717, 1.165) is 24.5 Å². The molecule has 1 aromatic rings. The first-order chi connectivity index (χ1) is 8.28. The molecule has 0 spiro atoms. The molecule has 0 radical (unpaired) electrons. The van der Waals surface area contributed by atoms with Crippen LogP contribution in [0.2, 0.25) is 0 Å². The molecule has 1 saturated heterocycles. The lowest BCUT2D eigenvalue weighted by molar-refractivity contribution is 0.0956. The molecule has 0 aliphatic carbocycles. The number of ether oxygens (including phenoxy) is 3. The monoisotopic (exact) mass is 253 g/mol. The zero-order chi connectivity index (χ0) is 12.1. The predicted octanol–water partition coefficient (Wildman–Crippen LogP) is 1.74. The standard InChI is InChI=1S/C12H15NO3S/c1-14-9-2-4-10(5-3-9)15-8-11-6-7-13-12(17)16-11/h2-5,11H,6-8H2,1H3,(H,13,17). The maximum absolute atomic E-state index is 5.63. The van der Waals surface area contributed by atoms with Crippen molar-refractivity contribution in [3.05, 3.63) is 24.3 Å². The van der Waals surface area contributed by atoms with Crippen LogP contribution in [0.4, 0.5) is 0 Å². The van der Waals surface area contributed by atoms with E-state index in [4.69, 9.17) is 26.4 Å². The van der Waals surface area contributed by atoms with Gasteiger partial charge in [-0.3, -0.25) is 0 Å². The molecule has 1 N–H and O–H groups in total. The number of nitrogens with one attached hydrogen (secondary N) is 1. The topological polar surface area (TPSA) is 39.7 Å². The van der Waals surface area contributed by atoms with Crippen molar-refractivity contribution < 1.29 is 14.2 Å². The highest BCUT2D eigenvalue weighted by Crippen LogP contribution is 2.17. The van der Waals surface area contributed by atoms with Gasteiger partial charge in [-0.05, 0) is 36.5 Å². The maximum atomic E-state index is 5.63. The summed E-state index contributed by atoms with van der Waals surface area (Å²) in [5.74, 6) is 1.62. The van der Waals surface area contributed by atoms with Crippen molar-refractivity contribution in [2.24, 2.45) is 0 Å². The van der Waals surface area contributed by atoms with E-state index in [1.807, 2.05) is 24.3 Å². The van der Waals surface area contributed by atoms with Crippen molar-refractivity contribution in [1.82, 2.24) is 5.32 Å². The molecule has 1 aliphatic rings. The molecule has 0 bridgehead atoms. The zero-order valence-corrected chi connectivity index (χ0v) is 10.5. The normalized spacial score (nSPS) is 19.1. The Labute approximate surface area is 106 Å². The second kappa shape index (κ2) is 5.72. The van der Waals surface area contributed by atoms with Crippen LogP contribution in [0, 0.1) is 0 Å². The fraction of sp³-hybridized carbons (Fsp3) is 0.417. The summed E-state index contributed by atoms with van der Waals surface area (Å²) in [6.07, 6.45) is 0.932. The van der Waals surface area contributed by atoms with Crippen LogP contribution in [0.25, 0.3) is 0 Å². The Hall–Kier alpha value is -1.49. The fourth-order valence-electron chi connectivity index (χ4n) is 1.57. The van der Waals surface area contributed by atoms with Gasteiger partial charge < -0.3 is 19.5 Å². The summed E-state index contributed by atoms with van der Waals surface area (Å²) in [6.45, 7) is 1.35. The third-order valence-corrected chi connectivity index (χ3v) is 2.75. The van der Waals surface area contributed by atoms with Gasteiger partial charge in [-0.25, -0.2) is 0 Å². The highest BCUT2D eigenvalue weighted by molar-refractivity contribution is 7.80. The number of thiocarbonyl (C=S) groups is 1. The van der Waals surface area contributed by atoms with Gasteiger partial charge in [0.1, 0.15) is 24.2 Å². The third-order valence-electron chi connectivity index (χ3n) is 2.50. The van der Waals surface area contributed by atoms with Gasteiger partial charge in [0.25, 0.3) is 5.17 Å². The number of methoxy groups -OCH3 is 1. The van der Waals surface area contributed by atoms with Gasteiger partial charge in [0, 0.05) is 13.0 Å². The molecule has 1 atom stereocenters. The Morgan fingerprint density at radius 3 is 2.71 bits per heavy atom. The van der Waals surface area contributed by atoms with Crippen LogP contribution in [-0.2, 0) is 4.74 Å². The van der Waals surface area contributed by atoms with E-state index < -0.39 is 0 Å². The fourth-order valence-corrected chi connectivity index (χ4v) is 1.80. The van der Waals surface area contributed by atoms with Gasteiger partial charge in [0.2, 0.25) is 0 Å². The average Bonchev–Trinajstić information content (AvgIpc) is 2.37. The molecule has 92 valence electrons. The van der Waals surface area contributed by atoms with Gasteiger partial charge in [-0.15, -0.1) is 0 Å². The van der Waals surface area contributed by atoms with E-state index in [1.165, 1.54) is 0 Å². The van der Waals surface area contributed by atoms with E-state index >= 15 is 0 Å². The average molecular weight is 253 g/mol. The minimum Gasteiger partial charge on any atom is -0.497 e. The molecule has 1 aromatic carbocycles. The largest absolute Gasteiger partial charge is 0.497 e. The highest BCUT2D eigenvalue weighted by Gasteiger charge is 2.17. The Balaban J connectivity index is 1.82. The van der Waals surface area contributed by atoms with E-state index in [-0.39, 0.29) is 6.10 Å². The molecule has 0 amide bonds. The molecule has 1 aliphatic heterocycles. The molecule has 1 heterocycles. The summed E-state index contributed by atoms with van der Waals surface area (Å²) in [7, 11) is 1.64. The van der Waals surface area contributed by atoms with Crippen molar-refractivity contribution >= 4 is 17.4 Å². The number of hydrogen-bond donors (Lipinski definition) is 1. The Morgan fingerprint density at radius 1 is 1.35 bits per heavy atom. The molecule has 1 unspecified atom stereocenters. The van der Waals surface area contributed by atoms with Crippen molar-refractivity contribution in [3.8, 4) is 11.5 Å². The summed E-state index contributed by atoms with van der Waals surface area (Å²) in [4.78, 5) is 0. The molecule has 2 rings (SSSR count). The summed E-state index contributed by atoms with van der Waals surface area (Å²) in [5.41, 5.74) is 0. The molecule has 17 heavy (non-hydrogen) atoms. The summed E-state index contributed by atoms with van der Waals surface area (Å²) >= 11 is 4.94. The molecular weight excluding hydrogens is 238 g/mol. The van der Waals surface area contributed by atoms with Crippen LogP contribution in [0.15, 0.2) is 24.3 Å². The molecule has 5 heteroatoms. The Bertz CT molecular complexity index is 380. The van der Waals surface area contributed by atoms with Gasteiger partial charge in [0.15, 0.2) is 0 Å². The number of rotatable bonds is 4. The van der Waals surface area contributed by atoms with Crippen LogP contribution < -0.4 is 14.8 Å². The maximum Gasteiger partial charge on any atom is 0.257 e. The van der Waals surface area contributed by atoms with Crippen molar-refractivity contribution in [2.45, 2.75) is 12.5 Å². The quantitative estimate of drug-likeness (QED) is 0.828. The van der Waals surface area contributed by atoms with E-state index in [9.17, 15) is 0 Å². The molecule has 4 nitrogen and oxygen atoms in total. The molecule has 1 fully saturated rings. The summed E-state index contributed by atoms with van der Waals surface area (Å²) in [5, 5.41) is 3.42. The minimum absolute atomic E-state index is 0.0332.